The first-order chi connectivity index (χ1) is 16.1. The van der Waals surface area contributed by atoms with Gasteiger partial charge in [0.1, 0.15) is 5.37 Å². The van der Waals surface area contributed by atoms with E-state index < -0.39 is 0 Å². The molecule has 1 aliphatic rings. The highest BCUT2D eigenvalue weighted by Crippen LogP contribution is 2.39. The number of carbonyl (C=O) groups excluding carboxylic acids is 2. The van der Waals surface area contributed by atoms with E-state index in [1.54, 1.807) is 26.0 Å². The zero-order chi connectivity index (χ0) is 23.2. The molecule has 0 spiro atoms. The van der Waals surface area contributed by atoms with Gasteiger partial charge in [-0.15, -0.1) is 11.8 Å². The van der Waals surface area contributed by atoms with Gasteiger partial charge in [-0.1, -0.05) is 48.5 Å². The smallest absolute Gasteiger partial charge is 0.251 e. The van der Waals surface area contributed by atoms with E-state index in [1.165, 1.54) is 0 Å². The molecular weight excluding hydrogens is 436 g/mol. The molecule has 6 nitrogen and oxygen atoms in total. The van der Waals surface area contributed by atoms with E-state index in [4.69, 9.17) is 9.47 Å². The summed E-state index contributed by atoms with van der Waals surface area (Å²) < 4.78 is 10.6. The second-order valence-corrected chi connectivity index (χ2v) is 8.73. The zero-order valence-corrected chi connectivity index (χ0v) is 19.4. The van der Waals surface area contributed by atoms with Crippen molar-refractivity contribution in [2.75, 3.05) is 20.0 Å². The molecule has 170 valence electrons. The molecule has 1 aliphatic heterocycles. The number of benzene rings is 3. The minimum Gasteiger partial charge on any atom is -0.493 e. The summed E-state index contributed by atoms with van der Waals surface area (Å²) in [5, 5.41) is 2.88. The molecule has 1 heterocycles. The third kappa shape index (κ3) is 5.31. The average molecular weight is 463 g/mol. The van der Waals surface area contributed by atoms with Crippen molar-refractivity contribution in [3.63, 3.8) is 0 Å². The number of carbonyl (C=O) groups is 2. The molecule has 1 fully saturated rings. The van der Waals surface area contributed by atoms with Crippen LogP contribution in [0, 0.1) is 0 Å². The van der Waals surface area contributed by atoms with Crippen LogP contribution in [0.3, 0.4) is 0 Å². The highest BCUT2D eigenvalue weighted by atomic mass is 32.2. The highest BCUT2D eigenvalue weighted by Gasteiger charge is 2.32. The molecule has 0 aromatic heterocycles. The van der Waals surface area contributed by atoms with E-state index in [0.29, 0.717) is 35.9 Å². The molecule has 1 atom stereocenters. The zero-order valence-electron chi connectivity index (χ0n) is 18.6. The van der Waals surface area contributed by atoms with Gasteiger partial charge < -0.3 is 19.7 Å². The Hall–Kier alpha value is -3.45. The largest absolute Gasteiger partial charge is 0.493 e. The van der Waals surface area contributed by atoms with Crippen LogP contribution in [0.5, 0.6) is 11.5 Å². The van der Waals surface area contributed by atoms with Crippen molar-refractivity contribution in [3.05, 3.63) is 95.1 Å². The summed E-state index contributed by atoms with van der Waals surface area (Å²) in [6, 6.07) is 23.0. The second-order valence-electron chi connectivity index (χ2n) is 7.66. The van der Waals surface area contributed by atoms with Crippen LogP contribution < -0.4 is 14.8 Å². The molecule has 7 heteroatoms. The molecule has 0 unspecified atom stereocenters. The van der Waals surface area contributed by atoms with Crippen LogP contribution in [0.4, 0.5) is 0 Å². The predicted molar refractivity (Wildman–Crippen MR) is 129 cm³/mol. The number of hydrogen-bond donors (Lipinski definition) is 1. The van der Waals surface area contributed by atoms with Gasteiger partial charge in [0.15, 0.2) is 11.5 Å². The summed E-state index contributed by atoms with van der Waals surface area (Å²) in [7, 11) is 3.17. The van der Waals surface area contributed by atoms with Gasteiger partial charge in [-0.2, -0.15) is 0 Å². The van der Waals surface area contributed by atoms with Gasteiger partial charge in [0.2, 0.25) is 5.91 Å². The van der Waals surface area contributed by atoms with Crippen molar-refractivity contribution in [1.29, 1.82) is 0 Å². The molecule has 0 bridgehead atoms. The minimum atomic E-state index is -0.160. The van der Waals surface area contributed by atoms with Crippen molar-refractivity contribution < 1.29 is 19.1 Å². The van der Waals surface area contributed by atoms with Gasteiger partial charge >= 0.3 is 0 Å². The van der Waals surface area contributed by atoms with Crippen molar-refractivity contribution in [2.24, 2.45) is 0 Å². The molecule has 3 aromatic carbocycles. The molecule has 0 saturated carbocycles. The van der Waals surface area contributed by atoms with Crippen LogP contribution in [0.2, 0.25) is 0 Å². The van der Waals surface area contributed by atoms with Crippen LogP contribution in [0.1, 0.15) is 32.4 Å². The lowest BCUT2D eigenvalue weighted by molar-refractivity contribution is -0.128. The Morgan fingerprint density at radius 3 is 2.39 bits per heavy atom. The van der Waals surface area contributed by atoms with Crippen LogP contribution in [-0.2, 0) is 17.9 Å². The molecule has 1 N–H and O–H groups in total. The standard InChI is InChI=1S/C26H26N2O4S/c1-31-22-13-8-19(14-23(22)32-2)15-27-25(30)20-9-11-21(12-10-20)26-28(24(29)17-33-26)16-18-6-4-3-5-7-18/h3-14,26H,15-17H2,1-2H3,(H,27,30)/t26-/m0/s1. The number of methoxy groups -OCH3 is 2. The maximum absolute atomic E-state index is 12.6. The lowest BCUT2D eigenvalue weighted by Gasteiger charge is -2.24. The number of rotatable bonds is 8. The van der Waals surface area contributed by atoms with Crippen LogP contribution in [0.25, 0.3) is 0 Å². The lowest BCUT2D eigenvalue weighted by atomic mass is 10.1. The maximum atomic E-state index is 12.6. The van der Waals surface area contributed by atoms with Crippen LogP contribution in [0.15, 0.2) is 72.8 Å². The Morgan fingerprint density at radius 1 is 0.970 bits per heavy atom. The van der Waals surface area contributed by atoms with E-state index in [1.807, 2.05) is 77.7 Å². The fourth-order valence-electron chi connectivity index (χ4n) is 3.76. The summed E-state index contributed by atoms with van der Waals surface area (Å²) in [6.45, 7) is 0.948. The summed E-state index contributed by atoms with van der Waals surface area (Å²) in [5.41, 5.74) is 3.60. The fraction of sp³-hybridized carbons (Fsp3) is 0.231. The monoisotopic (exact) mass is 462 g/mol. The normalized spacial score (nSPS) is 15.4. The first kappa shape index (κ1) is 22.7. The first-order valence-electron chi connectivity index (χ1n) is 10.6. The Morgan fingerprint density at radius 2 is 1.70 bits per heavy atom. The lowest BCUT2D eigenvalue weighted by Crippen LogP contribution is -2.27. The van der Waals surface area contributed by atoms with E-state index in [9.17, 15) is 9.59 Å². The van der Waals surface area contributed by atoms with Gasteiger partial charge in [-0.05, 0) is 41.0 Å². The fourth-order valence-corrected chi connectivity index (χ4v) is 4.94. The van der Waals surface area contributed by atoms with Crippen molar-refractivity contribution in [2.45, 2.75) is 18.5 Å². The highest BCUT2D eigenvalue weighted by molar-refractivity contribution is 8.00. The molecule has 0 radical (unpaired) electrons. The van der Waals surface area contributed by atoms with E-state index in [0.717, 1.165) is 16.7 Å². The van der Waals surface area contributed by atoms with Gasteiger partial charge in [0.05, 0.1) is 20.0 Å². The van der Waals surface area contributed by atoms with Gasteiger partial charge in [0, 0.05) is 18.7 Å². The van der Waals surface area contributed by atoms with Crippen molar-refractivity contribution in [3.8, 4) is 11.5 Å². The predicted octanol–water partition coefficient (Wildman–Crippen LogP) is 4.41. The second kappa shape index (κ2) is 10.4. The maximum Gasteiger partial charge on any atom is 0.251 e. The van der Waals surface area contributed by atoms with Gasteiger partial charge in [-0.25, -0.2) is 0 Å². The van der Waals surface area contributed by atoms with Crippen molar-refractivity contribution >= 4 is 23.6 Å². The summed E-state index contributed by atoms with van der Waals surface area (Å²) in [5.74, 6) is 1.70. The molecule has 3 aromatic rings. The van der Waals surface area contributed by atoms with Gasteiger partial charge in [0.25, 0.3) is 5.91 Å². The molecule has 33 heavy (non-hydrogen) atoms. The van der Waals surface area contributed by atoms with E-state index >= 15 is 0 Å². The number of nitrogens with one attached hydrogen (secondary N) is 1. The Kier molecular flexibility index (Phi) is 7.19. The molecular formula is C26H26N2O4S. The Balaban J connectivity index is 1.40. The molecule has 2 amide bonds. The average Bonchev–Trinajstić information content (AvgIpc) is 3.22. The third-order valence-corrected chi connectivity index (χ3v) is 6.78. The third-order valence-electron chi connectivity index (χ3n) is 5.52. The Labute approximate surface area is 197 Å². The summed E-state index contributed by atoms with van der Waals surface area (Å²) in [6.07, 6.45) is 0. The summed E-state index contributed by atoms with van der Waals surface area (Å²) >= 11 is 1.61. The molecule has 1 saturated heterocycles. The SMILES string of the molecule is COc1ccc(CNC(=O)c2ccc([C@@H]3SCC(=O)N3Cc3ccccc3)cc2)cc1OC. The van der Waals surface area contributed by atoms with E-state index in [-0.39, 0.29) is 17.2 Å². The quantitative estimate of drug-likeness (QED) is 0.537. The van der Waals surface area contributed by atoms with Gasteiger partial charge in [-0.3, -0.25) is 9.59 Å². The van der Waals surface area contributed by atoms with Crippen LogP contribution >= 0.6 is 11.8 Å². The number of nitrogens with zero attached hydrogens (tertiary/aromatic N) is 1. The summed E-state index contributed by atoms with van der Waals surface area (Å²) in [4.78, 5) is 27.0. The minimum absolute atomic E-state index is 0.0541. The van der Waals surface area contributed by atoms with Crippen LogP contribution in [-0.4, -0.2) is 36.7 Å². The van der Waals surface area contributed by atoms with E-state index in [2.05, 4.69) is 5.32 Å². The topological polar surface area (TPSA) is 67.9 Å². The number of ether oxygens (including phenoxy) is 2. The number of thioether (sulfide) groups is 1. The Bertz CT molecular complexity index is 1120. The number of hydrogen-bond acceptors (Lipinski definition) is 5. The van der Waals surface area contributed by atoms with Crippen molar-refractivity contribution in [1.82, 2.24) is 10.2 Å². The molecule has 0 aliphatic carbocycles. The molecule has 4 rings (SSSR count). The number of amides is 2. The first-order valence-corrected chi connectivity index (χ1v) is 11.7.